The number of rotatable bonds is 7. The predicted octanol–water partition coefficient (Wildman–Crippen LogP) is 7.39. The smallest absolute Gasteiger partial charge is 0.0201 e. The second-order valence-electron chi connectivity index (χ2n) is 4.47. The van der Waals surface area contributed by atoms with E-state index in [1.807, 2.05) is 45.9 Å². The number of hydrogen-bond donors (Lipinski definition) is 0. The van der Waals surface area contributed by atoms with E-state index >= 15 is 0 Å². The Morgan fingerprint density at radius 2 is 1.64 bits per heavy atom. The van der Waals surface area contributed by atoms with Crippen LogP contribution in [0.3, 0.4) is 0 Å². The summed E-state index contributed by atoms with van der Waals surface area (Å²) in [6.45, 7) is 21.6. The summed E-state index contributed by atoms with van der Waals surface area (Å²) in [5.41, 5.74) is 5.05. The lowest BCUT2D eigenvalue weighted by Gasteiger charge is -2.09. The minimum atomic E-state index is 1.04. The van der Waals surface area contributed by atoms with Crippen molar-refractivity contribution in [2.45, 2.75) is 53.9 Å². The summed E-state index contributed by atoms with van der Waals surface area (Å²) < 4.78 is 0. The van der Waals surface area contributed by atoms with Gasteiger partial charge in [0.2, 0.25) is 0 Å². The standard InChI is InChI=1S/C18H22.2C2H6/c1-5-10-16(6-2)11-9-13-17-12-7-8-14-18(17)15(3)4;2*1-2/h5-8,10,12,14H,1-3,9,11,13H2,4H3;2*1-2H3/b16-10+;;. The van der Waals surface area contributed by atoms with Gasteiger partial charge in [0, 0.05) is 0 Å². The van der Waals surface area contributed by atoms with Gasteiger partial charge >= 0.3 is 0 Å². The Hall–Kier alpha value is -1.82. The van der Waals surface area contributed by atoms with Gasteiger partial charge in [0.15, 0.2) is 0 Å². The highest BCUT2D eigenvalue weighted by Crippen LogP contribution is 2.20. The third-order valence-electron chi connectivity index (χ3n) is 2.98. The van der Waals surface area contributed by atoms with Crippen LogP contribution in [-0.2, 0) is 6.42 Å². The van der Waals surface area contributed by atoms with Crippen LogP contribution >= 0.6 is 0 Å². The van der Waals surface area contributed by atoms with Gasteiger partial charge in [-0.05, 0) is 42.9 Å². The molecule has 1 aromatic rings. The van der Waals surface area contributed by atoms with Crippen LogP contribution in [0.15, 0.2) is 67.8 Å². The van der Waals surface area contributed by atoms with Gasteiger partial charge in [-0.15, -0.1) is 0 Å². The molecule has 0 heterocycles. The molecule has 0 aliphatic carbocycles. The Bertz CT molecular complexity index is 461. The molecule has 0 saturated heterocycles. The molecule has 1 aromatic carbocycles. The molecule has 0 nitrogen and oxygen atoms in total. The SMILES string of the molecule is C=C/C=C(\C=C)CCCc1ccccc1C(=C)C.CC.CC. The van der Waals surface area contributed by atoms with E-state index in [2.05, 4.69) is 50.9 Å². The molecule has 0 aliphatic heterocycles. The highest BCUT2D eigenvalue weighted by atomic mass is 14.1. The lowest BCUT2D eigenvalue weighted by molar-refractivity contribution is 0.822. The van der Waals surface area contributed by atoms with Gasteiger partial charge in [0.1, 0.15) is 0 Å². The Balaban J connectivity index is 0. The third-order valence-corrected chi connectivity index (χ3v) is 2.98. The second-order valence-corrected chi connectivity index (χ2v) is 4.47. The average molecular weight is 299 g/mol. The van der Waals surface area contributed by atoms with Gasteiger partial charge < -0.3 is 0 Å². The van der Waals surface area contributed by atoms with Crippen LogP contribution in [-0.4, -0.2) is 0 Å². The Kier molecular flexibility index (Phi) is 15.9. The van der Waals surface area contributed by atoms with E-state index in [9.17, 15) is 0 Å². The van der Waals surface area contributed by atoms with E-state index in [-0.39, 0.29) is 0 Å². The lowest BCUT2D eigenvalue weighted by atomic mass is 9.96. The van der Waals surface area contributed by atoms with Crippen LogP contribution in [0, 0.1) is 0 Å². The Morgan fingerprint density at radius 3 is 2.14 bits per heavy atom. The molecule has 22 heavy (non-hydrogen) atoms. The van der Waals surface area contributed by atoms with Crippen molar-refractivity contribution in [3.63, 3.8) is 0 Å². The van der Waals surface area contributed by atoms with Crippen LogP contribution in [0.1, 0.15) is 58.6 Å². The maximum atomic E-state index is 4.03. The van der Waals surface area contributed by atoms with E-state index in [0.29, 0.717) is 0 Å². The van der Waals surface area contributed by atoms with Crippen molar-refractivity contribution in [2.75, 3.05) is 0 Å². The molecule has 0 unspecified atom stereocenters. The predicted molar refractivity (Wildman–Crippen MR) is 105 cm³/mol. The van der Waals surface area contributed by atoms with Gasteiger partial charge in [0.25, 0.3) is 0 Å². The van der Waals surface area contributed by atoms with Crippen molar-refractivity contribution in [3.8, 4) is 0 Å². The Morgan fingerprint density at radius 1 is 1.05 bits per heavy atom. The quantitative estimate of drug-likeness (QED) is 0.460. The zero-order chi connectivity index (χ0) is 17.4. The van der Waals surface area contributed by atoms with Crippen molar-refractivity contribution < 1.29 is 0 Å². The molecule has 0 heteroatoms. The molecule has 0 saturated carbocycles. The summed E-state index contributed by atoms with van der Waals surface area (Å²) >= 11 is 0. The first kappa shape index (κ1) is 22.5. The van der Waals surface area contributed by atoms with E-state index < -0.39 is 0 Å². The molecular weight excluding hydrogens is 264 g/mol. The lowest BCUT2D eigenvalue weighted by Crippen LogP contribution is -1.92. The molecule has 1 rings (SSSR count). The monoisotopic (exact) mass is 298 g/mol. The number of aryl methyl sites for hydroxylation is 1. The first-order valence-electron chi connectivity index (χ1n) is 8.37. The maximum Gasteiger partial charge on any atom is -0.0201 e. The molecule has 0 bridgehead atoms. The van der Waals surface area contributed by atoms with E-state index in [1.54, 1.807) is 0 Å². The van der Waals surface area contributed by atoms with Crippen molar-refractivity contribution in [3.05, 3.63) is 78.9 Å². The van der Waals surface area contributed by atoms with Gasteiger partial charge in [-0.25, -0.2) is 0 Å². The molecule has 0 aliphatic rings. The molecule has 0 spiro atoms. The van der Waals surface area contributed by atoms with E-state index in [1.165, 1.54) is 16.7 Å². The maximum absolute atomic E-state index is 4.03. The van der Waals surface area contributed by atoms with Gasteiger partial charge in [-0.3, -0.25) is 0 Å². The first-order valence-corrected chi connectivity index (χ1v) is 8.37. The van der Waals surface area contributed by atoms with Crippen molar-refractivity contribution in [2.24, 2.45) is 0 Å². The molecule has 0 amide bonds. The number of hydrogen-bond acceptors (Lipinski definition) is 0. The summed E-state index contributed by atoms with van der Waals surface area (Å²) in [4.78, 5) is 0. The van der Waals surface area contributed by atoms with Crippen LogP contribution in [0.2, 0.25) is 0 Å². The molecule has 0 N–H and O–H groups in total. The molecule has 122 valence electrons. The zero-order valence-corrected chi connectivity index (χ0v) is 15.3. The molecule has 0 fully saturated rings. The largest absolute Gasteiger partial charge is 0.0991 e. The van der Waals surface area contributed by atoms with Crippen LogP contribution in [0.5, 0.6) is 0 Å². The number of benzene rings is 1. The summed E-state index contributed by atoms with van der Waals surface area (Å²) in [7, 11) is 0. The minimum absolute atomic E-state index is 1.04. The van der Waals surface area contributed by atoms with Gasteiger partial charge in [-0.2, -0.15) is 0 Å². The molecule has 0 aromatic heterocycles. The number of allylic oxidation sites excluding steroid dienone is 5. The minimum Gasteiger partial charge on any atom is -0.0991 e. The van der Waals surface area contributed by atoms with Crippen molar-refractivity contribution in [1.29, 1.82) is 0 Å². The fourth-order valence-corrected chi connectivity index (χ4v) is 2.04. The van der Waals surface area contributed by atoms with Crippen molar-refractivity contribution >= 4 is 5.57 Å². The summed E-state index contributed by atoms with van der Waals surface area (Å²) in [6, 6.07) is 8.50. The van der Waals surface area contributed by atoms with Gasteiger partial charge in [0.05, 0.1) is 0 Å². The van der Waals surface area contributed by atoms with Crippen LogP contribution < -0.4 is 0 Å². The molecule has 0 atom stereocenters. The van der Waals surface area contributed by atoms with Crippen LogP contribution in [0.4, 0.5) is 0 Å². The fourth-order valence-electron chi connectivity index (χ4n) is 2.04. The van der Waals surface area contributed by atoms with E-state index in [0.717, 1.165) is 24.8 Å². The van der Waals surface area contributed by atoms with E-state index in [4.69, 9.17) is 0 Å². The fraction of sp³-hybridized carbons (Fsp3) is 0.364. The molecule has 0 radical (unpaired) electrons. The summed E-state index contributed by atoms with van der Waals surface area (Å²) in [5.74, 6) is 0. The van der Waals surface area contributed by atoms with Gasteiger partial charge in [-0.1, -0.05) is 95.5 Å². The first-order chi connectivity index (χ1) is 10.7. The topological polar surface area (TPSA) is 0 Å². The normalized spacial score (nSPS) is 9.59. The second kappa shape index (κ2) is 15.6. The van der Waals surface area contributed by atoms with Crippen molar-refractivity contribution in [1.82, 2.24) is 0 Å². The van der Waals surface area contributed by atoms with Crippen LogP contribution in [0.25, 0.3) is 5.57 Å². The third kappa shape index (κ3) is 9.18. The summed E-state index contributed by atoms with van der Waals surface area (Å²) in [5, 5.41) is 0. The highest BCUT2D eigenvalue weighted by molar-refractivity contribution is 5.64. The zero-order valence-electron chi connectivity index (χ0n) is 15.3. The molecular formula is C22H34. The highest BCUT2D eigenvalue weighted by Gasteiger charge is 2.02. The summed E-state index contributed by atoms with van der Waals surface area (Å²) in [6.07, 6.45) is 8.99. The average Bonchev–Trinajstić information content (AvgIpc) is 2.58. The Labute approximate surface area is 139 Å².